The second kappa shape index (κ2) is 12.8. The second-order valence-electron chi connectivity index (χ2n) is 8.71. The Morgan fingerprint density at radius 3 is 2.56 bits per heavy atom. The average Bonchev–Trinajstić information content (AvgIpc) is 3.53. The van der Waals surface area contributed by atoms with Crippen LogP contribution >= 0.6 is 0 Å². The molecule has 0 spiro atoms. The number of nitrogens with one attached hydrogen (secondary N) is 2. The van der Waals surface area contributed by atoms with Crippen molar-refractivity contribution in [1.29, 1.82) is 0 Å². The van der Waals surface area contributed by atoms with Crippen molar-refractivity contribution in [2.24, 2.45) is 0 Å². The molecule has 3 amide bonds. The van der Waals surface area contributed by atoms with Crippen LogP contribution in [0.5, 0.6) is 11.5 Å². The van der Waals surface area contributed by atoms with Crippen LogP contribution in [0.3, 0.4) is 0 Å². The van der Waals surface area contributed by atoms with Gasteiger partial charge in [-0.2, -0.15) is 0 Å². The van der Waals surface area contributed by atoms with E-state index in [1.807, 2.05) is 0 Å². The summed E-state index contributed by atoms with van der Waals surface area (Å²) in [6, 6.07) is 5.79. The number of carbonyl (C=O) groups excluding carboxylic acids is 3. The minimum atomic E-state index is -0.974. The number of benzene rings is 1. The first-order valence-electron chi connectivity index (χ1n) is 12.0. The van der Waals surface area contributed by atoms with E-state index in [9.17, 15) is 14.4 Å². The Kier molecular flexibility index (Phi) is 9.49. The predicted molar refractivity (Wildman–Crippen MR) is 134 cm³/mol. The van der Waals surface area contributed by atoms with Crippen molar-refractivity contribution in [1.82, 2.24) is 15.4 Å². The highest BCUT2D eigenvalue weighted by atomic mass is 16.5. The van der Waals surface area contributed by atoms with E-state index in [1.165, 1.54) is 19.1 Å². The van der Waals surface area contributed by atoms with E-state index >= 15 is 0 Å². The van der Waals surface area contributed by atoms with Crippen LogP contribution in [0, 0.1) is 6.92 Å². The van der Waals surface area contributed by atoms with Crippen molar-refractivity contribution >= 4 is 23.5 Å². The zero-order chi connectivity index (χ0) is 26.1. The number of aryl methyl sites for hydroxylation is 1. The van der Waals surface area contributed by atoms with Gasteiger partial charge >= 0.3 is 0 Å². The third-order valence-corrected chi connectivity index (χ3v) is 6.10. The monoisotopic (exact) mass is 498 g/mol. The number of amides is 3. The zero-order valence-electron chi connectivity index (χ0n) is 21.0. The maximum atomic E-state index is 13.6. The maximum absolute atomic E-state index is 13.6. The number of aromatic nitrogens is 1. The van der Waals surface area contributed by atoms with Gasteiger partial charge in [0.15, 0.2) is 5.82 Å². The van der Waals surface area contributed by atoms with Gasteiger partial charge in [-0.05, 0) is 31.9 Å². The van der Waals surface area contributed by atoms with Gasteiger partial charge in [0.2, 0.25) is 17.7 Å². The molecule has 1 aliphatic carbocycles. The molecule has 1 aromatic carbocycles. The Hall–Kier alpha value is -3.82. The van der Waals surface area contributed by atoms with Crippen LogP contribution in [0.2, 0.25) is 0 Å². The van der Waals surface area contributed by atoms with Crippen molar-refractivity contribution in [3.05, 3.63) is 48.2 Å². The molecule has 0 unspecified atom stereocenters. The normalized spacial score (nSPS) is 14.1. The van der Waals surface area contributed by atoms with Crippen LogP contribution in [0.4, 0.5) is 5.82 Å². The molecule has 1 atom stereocenters. The Morgan fingerprint density at radius 1 is 1.19 bits per heavy atom. The Labute approximate surface area is 211 Å². The first-order chi connectivity index (χ1) is 17.4. The molecule has 0 saturated heterocycles. The number of carbonyl (C=O) groups is 3. The van der Waals surface area contributed by atoms with E-state index in [1.54, 1.807) is 37.3 Å². The van der Waals surface area contributed by atoms with E-state index in [0.717, 1.165) is 25.7 Å². The van der Waals surface area contributed by atoms with Crippen molar-refractivity contribution in [3.8, 4) is 11.5 Å². The highest BCUT2D eigenvalue weighted by molar-refractivity contribution is 5.94. The van der Waals surface area contributed by atoms with Crippen LogP contribution in [0.15, 0.2) is 41.4 Å². The van der Waals surface area contributed by atoms with Gasteiger partial charge in [-0.1, -0.05) is 24.1 Å². The molecule has 0 radical (unpaired) electrons. The summed E-state index contributed by atoms with van der Waals surface area (Å²) in [6.45, 7) is 5.59. The Morgan fingerprint density at radius 2 is 1.94 bits per heavy atom. The third kappa shape index (κ3) is 6.87. The molecule has 1 fully saturated rings. The molecule has 0 aliphatic heterocycles. The molecule has 194 valence electrons. The number of anilines is 1. The number of nitrogens with zero attached hydrogens (tertiary/aromatic N) is 2. The fourth-order valence-electron chi connectivity index (χ4n) is 4.33. The molecule has 2 aromatic rings. The first kappa shape index (κ1) is 26.8. The number of ether oxygens (including phenoxy) is 2. The highest BCUT2D eigenvalue weighted by Gasteiger charge is 2.34. The quantitative estimate of drug-likeness (QED) is 0.429. The van der Waals surface area contributed by atoms with Gasteiger partial charge in [0.05, 0.1) is 14.2 Å². The van der Waals surface area contributed by atoms with E-state index in [2.05, 4.69) is 22.4 Å². The zero-order valence-corrected chi connectivity index (χ0v) is 21.0. The summed E-state index contributed by atoms with van der Waals surface area (Å²) in [5.41, 5.74) is 0.520. The van der Waals surface area contributed by atoms with Crippen LogP contribution in [0.1, 0.15) is 55.9 Å². The number of hydrogen-bond donors (Lipinski definition) is 2. The van der Waals surface area contributed by atoms with E-state index in [4.69, 9.17) is 14.0 Å². The maximum Gasteiger partial charge on any atom is 0.247 e. The Bertz CT molecular complexity index is 1080. The Balaban J connectivity index is 1.84. The van der Waals surface area contributed by atoms with Gasteiger partial charge < -0.3 is 29.5 Å². The summed E-state index contributed by atoms with van der Waals surface area (Å²) >= 11 is 0. The average molecular weight is 499 g/mol. The van der Waals surface area contributed by atoms with E-state index in [-0.39, 0.29) is 49.0 Å². The minimum absolute atomic E-state index is 0.0571. The summed E-state index contributed by atoms with van der Waals surface area (Å²) in [5.74, 6) is 0.764. The molecule has 3 rings (SSSR count). The molecular weight excluding hydrogens is 464 g/mol. The molecular formula is C26H34N4O6. The van der Waals surface area contributed by atoms with Gasteiger partial charge in [0.25, 0.3) is 0 Å². The SMILES string of the molecule is C=CCN(C(=O)CCC(=O)Nc1cc(C)on1)[C@H](C(=O)NC1CCCC1)c1ccc(OC)cc1OC. The topological polar surface area (TPSA) is 123 Å². The minimum Gasteiger partial charge on any atom is -0.497 e. The van der Waals surface area contributed by atoms with Gasteiger partial charge in [0.1, 0.15) is 23.3 Å². The highest BCUT2D eigenvalue weighted by Crippen LogP contribution is 2.34. The lowest BCUT2D eigenvalue weighted by Crippen LogP contribution is -2.46. The number of rotatable bonds is 12. The first-order valence-corrected chi connectivity index (χ1v) is 12.0. The second-order valence-corrected chi connectivity index (χ2v) is 8.71. The van der Waals surface area contributed by atoms with Gasteiger partial charge in [-0.15, -0.1) is 6.58 Å². The molecule has 10 nitrogen and oxygen atoms in total. The lowest BCUT2D eigenvalue weighted by atomic mass is 10.0. The predicted octanol–water partition coefficient (Wildman–Crippen LogP) is 3.53. The van der Waals surface area contributed by atoms with Crippen molar-refractivity contribution in [2.45, 2.75) is 57.5 Å². The molecule has 0 bridgehead atoms. The lowest BCUT2D eigenvalue weighted by molar-refractivity contribution is -0.141. The van der Waals surface area contributed by atoms with Gasteiger partial charge in [-0.25, -0.2) is 0 Å². The lowest BCUT2D eigenvalue weighted by Gasteiger charge is -2.32. The summed E-state index contributed by atoms with van der Waals surface area (Å²) in [6.07, 6.45) is 5.26. The number of hydrogen-bond acceptors (Lipinski definition) is 7. The standard InChI is InChI=1S/C26H34N4O6/c1-5-14-30(24(32)13-12-23(31)28-22-15-17(2)36-29-22)25(26(33)27-18-8-6-7-9-18)20-11-10-19(34-3)16-21(20)35-4/h5,10-11,15-16,18,25H,1,6-9,12-14H2,2-4H3,(H,27,33)(H,28,29,31)/t25-/m0/s1. The molecule has 2 N–H and O–H groups in total. The molecule has 1 aliphatic rings. The van der Waals surface area contributed by atoms with Crippen LogP contribution < -0.4 is 20.1 Å². The number of methoxy groups -OCH3 is 2. The smallest absolute Gasteiger partial charge is 0.247 e. The van der Waals surface area contributed by atoms with Crippen LogP contribution in [0.25, 0.3) is 0 Å². The summed E-state index contributed by atoms with van der Waals surface area (Å²) in [4.78, 5) is 40.8. The molecule has 1 saturated carbocycles. The van der Waals surface area contributed by atoms with Crippen molar-refractivity contribution in [3.63, 3.8) is 0 Å². The van der Waals surface area contributed by atoms with Gasteiger partial charge in [0, 0.05) is 43.1 Å². The van der Waals surface area contributed by atoms with Crippen LogP contribution in [-0.4, -0.2) is 54.6 Å². The van der Waals surface area contributed by atoms with E-state index < -0.39 is 6.04 Å². The van der Waals surface area contributed by atoms with Crippen molar-refractivity contribution in [2.75, 3.05) is 26.1 Å². The largest absolute Gasteiger partial charge is 0.497 e. The van der Waals surface area contributed by atoms with Crippen LogP contribution in [-0.2, 0) is 14.4 Å². The summed E-state index contributed by atoms with van der Waals surface area (Å²) in [5, 5.41) is 9.43. The third-order valence-electron chi connectivity index (χ3n) is 6.10. The fourth-order valence-corrected chi connectivity index (χ4v) is 4.33. The summed E-state index contributed by atoms with van der Waals surface area (Å²) in [7, 11) is 3.04. The molecule has 1 aromatic heterocycles. The molecule has 36 heavy (non-hydrogen) atoms. The summed E-state index contributed by atoms with van der Waals surface area (Å²) < 4.78 is 15.8. The van der Waals surface area contributed by atoms with Crippen molar-refractivity contribution < 1.29 is 28.4 Å². The van der Waals surface area contributed by atoms with E-state index in [0.29, 0.717) is 22.8 Å². The fraction of sp³-hybridized carbons (Fsp3) is 0.462. The molecule has 10 heteroatoms. The molecule has 1 heterocycles. The van der Waals surface area contributed by atoms with Gasteiger partial charge in [-0.3, -0.25) is 14.4 Å².